The smallest absolute Gasteiger partial charge is 0.283 e. The molecular weight excluding hydrogens is 232 g/mol. The number of Topliss-reactive ketones (excluding diaryl/α,β-unsaturated/α-hetero) is 1. The number of benzene rings is 1. The largest absolute Gasteiger partial charge is 0.294 e. The third-order valence-electron chi connectivity index (χ3n) is 2.47. The van der Waals surface area contributed by atoms with Crippen molar-refractivity contribution in [2.75, 3.05) is 0 Å². The predicted octanol–water partition coefficient (Wildman–Crippen LogP) is 3.30. The molecule has 92 valence electrons. The first-order chi connectivity index (χ1) is 7.90. The number of hydrogen-bond donors (Lipinski definition) is 0. The lowest BCUT2D eigenvalue weighted by Crippen LogP contribution is -2.07. The van der Waals surface area contributed by atoms with Crippen molar-refractivity contribution in [3.63, 3.8) is 0 Å². The number of rotatable bonds is 4. The van der Waals surface area contributed by atoms with Gasteiger partial charge in [-0.05, 0) is 19.4 Å². The Labute approximate surface area is 96.4 Å². The van der Waals surface area contributed by atoms with Gasteiger partial charge in [-0.25, -0.2) is 8.78 Å². The summed E-state index contributed by atoms with van der Waals surface area (Å²) in [4.78, 5) is 21.3. The summed E-state index contributed by atoms with van der Waals surface area (Å²) in [6.45, 7) is 2.71. The molecule has 0 saturated carbocycles. The number of alkyl halides is 2. The van der Waals surface area contributed by atoms with Crippen LogP contribution in [0.5, 0.6) is 0 Å². The van der Waals surface area contributed by atoms with Crippen LogP contribution in [0.2, 0.25) is 0 Å². The third kappa shape index (κ3) is 2.46. The quantitative estimate of drug-likeness (QED) is 0.463. The molecule has 1 aromatic carbocycles. The molecule has 0 spiro atoms. The summed E-state index contributed by atoms with van der Waals surface area (Å²) >= 11 is 0. The van der Waals surface area contributed by atoms with Crippen LogP contribution in [0.3, 0.4) is 0 Å². The second-order valence-electron chi connectivity index (χ2n) is 3.50. The van der Waals surface area contributed by atoms with Crippen molar-refractivity contribution < 1.29 is 18.5 Å². The van der Waals surface area contributed by atoms with Gasteiger partial charge in [-0.3, -0.25) is 14.9 Å². The van der Waals surface area contributed by atoms with Crippen LogP contribution in [0, 0.1) is 10.1 Å². The molecule has 6 heteroatoms. The zero-order chi connectivity index (χ0) is 13.2. The van der Waals surface area contributed by atoms with Gasteiger partial charge in [0.15, 0.2) is 5.78 Å². The summed E-state index contributed by atoms with van der Waals surface area (Å²) in [5.41, 5.74) is -1.09. The van der Waals surface area contributed by atoms with Gasteiger partial charge in [0.2, 0.25) is 0 Å². The van der Waals surface area contributed by atoms with Crippen LogP contribution in [0.4, 0.5) is 14.5 Å². The van der Waals surface area contributed by atoms with Crippen molar-refractivity contribution in [2.45, 2.75) is 26.7 Å². The van der Waals surface area contributed by atoms with Gasteiger partial charge in [-0.2, -0.15) is 0 Å². The molecule has 0 aliphatic carbocycles. The SMILES string of the molecule is CCc1c(C(F)F)ccc(C(C)=O)c1[N+](=O)[O-]. The lowest BCUT2D eigenvalue weighted by molar-refractivity contribution is -0.385. The van der Waals surface area contributed by atoms with Crippen molar-refractivity contribution in [3.8, 4) is 0 Å². The topological polar surface area (TPSA) is 60.2 Å². The molecule has 0 aliphatic heterocycles. The molecule has 0 aliphatic rings. The number of hydrogen-bond acceptors (Lipinski definition) is 3. The van der Waals surface area contributed by atoms with Crippen molar-refractivity contribution >= 4 is 11.5 Å². The summed E-state index contributed by atoms with van der Waals surface area (Å²) in [5.74, 6) is -0.507. The van der Waals surface area contributed by atoms with E-state index < -0.39 is 22.8 Å². The monoisotopic (exact) mass is 243 g/mol. The Bertz CT molecular complexity index is 472. The minimum Gasteiger partial charge on any atom is -0.294 e. The van der Waals surface area contributed by atoms with Gasteiger partial charge >= 0.3 is 0 Å². The predicted molar refractivity (Wildman–Crippen MR) is 57.4 cm³/mol. The normalized spacial score (nSPS) is 10.6. The van der Waals surface area contributed by atoms with Crippen LogP contribution < -0.4 is 0 Å². The second kappa shape index (κ2) is 4.99. The minimum atomic E-state index is -2.79. The molecule has 0 aromatic heterocycles. The average molecular weight is 243 g/mol. The number of nitro benzene ring substituents is 1. The second-order valence-corrected chi connectivity index (χ2v) is 3.50. The van der Waals surface area contributed by atoms with Crippen molar-refractivity contribution in [2.24, 2.45) is 0 Å². The third-order valence-corrected chi connectivity index (χ3v) is 2.47. The number of ketones is 1. The lowest BCUT2D eigenvalue weighted by Gasteiger charge is -2.09. The van der Waals surface area contributed by atoms with Gasteiger partial charge < -0.3 is 0 Å². The molecule has 0 unspecified atom stereocenters. The Morgan fingerprint density at radius 1 is 1.47 bits per heavy atom. The van der Waals surface area contributed by atoms with Crippen LogP contribution in [-0.4, -0.2) is 10.7 Å². The molecule has 0 bridgehead atoms. The van der Waals surface area contributed by atoms with E-state index in [1.807, 2.05) is 0 Å². The highest BCUT2D eigenvalue weighted by Crippen LogP contribution is 2.33. The molecule has 0 saturated heterocycles. The fourth-order valence-electron chi connectivity index (χ4n) is 1.72. The highest BCUT2D eigenvalue weighted by molar-refractivity contribution is 5.98. The summed E-state index contributed by atoms with van der Waals surface area (Å²) in [6.07, 6.45) is -2.71. The molecule has 17 heavy (non-hydrogen) atoms. The van der Waals surface area contributed by atoms with Crippen molar-refractivity contribution in [1.82, 2.24) is 0 Å². The maximum absolute atomic E-state index is 12.7. The Hall–Kier alpha value is -1.85. The maximum atomic E-state index is 12.7. The molecule has 0 fully saturated rings. The fourth-order valence-corrected chi connectivity index (χ4v) is 1.72. The summed E-state index contributed by atoms with van der Waals surface area (Å²) in [6, 6.07) is 2.16. The zero-order valence-electron chi connectivity index (χ0n) is 9.37. The van der Waals surface area contributed by atoms with Crippen molar-refractivity contribution in [1.29, 1.82) is 0 Å². The first-order valence-electron chi connectivity index (χ1n) is 4.99. The highest BCUT2D eigenvalue weighted by Gasteiger charge is 2.27. The first kappa shape index (κ1) is 13.2. The highest BCUT2D eigenvalue weighted by atomic mass is 19.3. The van der Waals surface area contributed by atoms with Gasteiger partial charge in [0, 0.05) is 11.1 Å². The van der Waals surface area contributed by atoms with Crippen LogP contribution >= 0.6 is 0 Å². The van der Waals surface area contributed by atoms with E-state index in [0.717, 1.165) is 12.1 Å². The van der Waals surface area contributed by atoms with Gasteiger partial charge in [-0.1, -0.05) is 13.0 Å². The minimum absolute atomic E-state index is 0.0716. The molecule has 4 nitrogen and oxygen atoms in total. The van der Waals surface area contributed by atoms with E-state index in [4.69, 9.17) is 0 Å². The molecular formula is C11H11F2NO3. The van der Waals surface area contributed by atoms with Crippen molar-refractivity contribution in [3.05, 3.63) is 38.9 Å². The van der Waals surface area contributed by atoms with Gasteiger partial charge in [0.25, 0.3) is 12.1 Å². The Balaban J connectivity index is 3.61. The molecule has 1 rings (SSSR count). The molecule has 0 amide bonds. The molecule has 0 N–H and O–H groups in total. The van der Waals surface area contributed by atoms with E-state index in [0.29, 0.717) is 0 Å². The van der Waals surface area contributed by atoms with E-state index in [2.05, 4.69) is 0 Å². The van der Waals surface area contributed by atoms with E-state index in [1.165, 1.54) is 13.8 Å². The van der Waals surface area contributed by atoms with Crippen LogP contribution in [0.25, 0.3) is 0 Å². The summed E-state index contributed by atoms with van der Waals surface area (Å²) in [5, 5.41) is 10.9. The van der Waals surface area contributed by atoms with Gasteiger partial charge in [0.1, 0.15) is 0 Å². The van der Waals surface area contributed by atoms with E-state index in [9.17, 15) is 23.7 Å². The molecule has 0 heterocycles. The first-order valence-corrected chi connectivity index (χ1v) is 4.99. The number of nitro groups is 1. The molecule has 1 aromatic rings. The Morgan fingerprint density at radius 2 is 2.06 bits per heavy atom. The summed E-state index contributed by atoms with van der Waals surface area (Å²) in [7, 11) is 0. The Morgan fingerprint density at radius 3 is 2.41 bits per heavy atom. The van der Waals surface area contributed by atoms with Gasteiger partial charge in [-0.15, -0.1) is 0 Å². The number of carbonyl (C=O) groups is 1. The average Bonchev–Trinajstić information content (AvgIpc) is 2.26. The van der Waals surface area contributed by atoms with Crippen LogP contribution in [-0.2, 0) is 6.42 Å². The molecule has 0 atom stereocenters. The number of nitrogens with zero attached hydrogens (tertiary/aromatic N) is 1. The fraction of sp³-hybridized carbons (Fsp3) is 0.364. The van der Waals surface area contributed by atoms with Gasteiger partial charge in [0.05, 0.1) is 10.5 Å². The van der Waals surface area contributed by atoms with Crippen LogP contribution in [0.1, 0.15) is 41.8 Å². The van der Waals surface area contributed by atoms with E-state index >= 15 is 0 Å². The summed E-state index contributed by atoms with van der Waals surface area (Å²) < 4.78 is 25.4. The van der Waals surface area contributed by atoms with E-state index in [1.54, 1.807) is 0 Å². The van der Waals surface area contributed by atoms with Crippen LogP contribution in [0.15, 0.2) is 12.1 Å². The lowest BCUT2D eigenvalue weighted by atomic mass is 9.97. The number of halogens is 2. The van der Waals surface area contributed by atoms with E-state index in [-0.39, 0.29) is 23.1 Å². The number of carbonyl (C=O) groups excluding carboxylic acids is 1. The molecule has 0 radical (unpaired) electrons. The zero-order valence-corrected chi connectivity index (χ0v) is 9.37. The maximum Gasteiger partial charge on any atom is 0.283 e. The standard InChI is InChI=1S/C11H11F2NO3/c1-3-7-9(11(12)13)5-4-8(6(2)15)10(7)14(16)17/h4-5,11H,3H2,1-2H3. The Kier molecular flexibility index (Phi) is 3.88.